The van der Waals surface area contributed by atoms with Gasteiger partial charge in [-0.1, -0.05) is 24.3 Å². The van der Waals surface area contributed by atoms with Crippen LogP contribution in [0.1, 0.15) is 55.0 Å². The number of carbonyl (C=O) groups excluding carboxylic acids is 3. The maximum atomic E-state index is 13.0. The first-order valence-electron chi connectivity index (χ1n) is 9.75. The van der Waals surface area contributed by atoms with Gasteiger partial charge >= 0.3 is 0 Å². The topological polar surface area (TPSA) is 91.8 Å². The quantitative estimate of drug-likeness (QED) is 0.638. The molecule has 2 aromatic carbocycles. The molecule has 2 aromatic rings. The van der Waals surface area contributed by atoms with Crippen molar-refractivity contribution in [1.29, 1.82) is 0 Å². The van der Waals surface area contributed by atoms with Crippen molar-refractivity contribution >= 4 is 27.5 Å². The number of ketones is 2. The third kappa shape index (κ3) is 3.26. The second kappa shape index (κ2) is 7.45. The van der Waals surface area contributed by atoms with Gasteiger partial charge in [-0.3, -0.25) is 14.4 Å². The van der Waals surface area contributed by atoms with Crippen LogP contribution in [0.2, 0.25) is 0 Å². The van der Waals surface area contributed by atoms with E-state index in [2.05, 4.69) is 0 Å². The summed E-state index contributed by atoms with van der Waals surface area (Å²) in [6.45, 7) is 0.646. The lowest BCUT2D eigenvalue weighted by molar-refractivity contribution is 0.0724. The molecule has 0 spiro atoms. The number of sulfonamides is 1. The van der Waals surface area contributed by atoms with Crippen LogP contribution in [0.5, 0.6) is 0 Å². The summed E-state index contributed by atoms with van der Waals surface area (Å²) in [5.74, 6) is -0.767. The number of likely N-dealkylation sites (tertiary alicyclic amines) is 1. The van der Waals surface area contributed by atoms with Gasteiger partial charge in [0, 0.05) is 55.0 Å². The van der Waals surface area contributed by atoms with E-state index in [0.717, 1.165) is 0 Å². The van der Waals surface area contributed by atoms with E-state index in [-0.39, 0.29) is 23.0 Å². The number of hydrogen-bond acceptors (Lipinski definition) is 5. The van der Waals surface area contributed by atoms with Crippen molar-refractivity contribution in [3.63, 3.8) is 0 Å². The summed E-state index contributed by atoms with van der Waals surface area (Å²) < 4.78 is 25.8. The normalized spacial score (nSPS) is 17.1. The molecule has 0 unspecified atom stereocenters. The predicted octanol–water partition coefficient (Wildman–Crippen LogP) is 1.96. The monoisotopic (exact) mass is 426 g/mol. The molecule has 0 atom stereocenters. The highest BCUT2D eigenvalue weighted by atomic mass is 32.2. The molecule has 1 aliphatic carbocycles. The lowest BCUT2D eigenvalue weighted by Crippen LogP contribution is -2.45. The molecule has 1 fully saturated rings. The molecule has 0 N–H and O–H groups in total. The molecule has 1 aliphatic heterocycles. The number of hydrogen-bond donors (Lipinski definition) is 0. The molecule has 30 heavy (non-hydrogen) atoms. The van der Waals surface area contributed by atoms with Gasteiger partial charge in [-0.05, 0) is 31.0 Å². The Morgan fingerprint density at radius 1 is 0.900 bits per heavy atom. The number of carbonyl (C=O) groups is 3. The summed E-state index contributed by atoms with van der Waals surface area (Å²) in [4.78, 5) is 40.2. The minimum Gasteiger partial charge on any atom is -0.339 e. The zero-order valence-corrected chi connectivity index (χ0v) is 17.6. The molecular weight excluding hydrogens is 404 g/mol. The van der Waals surface area contributed by atoms with E-state index < -0.39 is 15.3 Å². The summed E-state index contributed by atoms with van der Waals surface area (Å²) in [5.41, 5.74) is 1.57. The summed E-state index contributed by atoms with van der Waals surface area (Å²) >= 11 is 0. The number of fused-ring (bicyclic) bond motifs is 2. The minimum absolute atomic E-state index is 0.228. The van der Waals surface area contributed by atoms with E-state index in [9.17, 15) is 22.8 Å². The van der Waals surface area contributed by atoms with Crippen molar-refractivity contribution in [2.75, 3.05) is 27.2 Å². The van der Waals surface area contributed by atoms with Crippen LogP contribution in [0.4, 0.5) is 0 Å². The summed E-state index contributed by atoms with van der Waals surface area (Å²) in [6.07, 6.45) is 0.726. The lowest BCUT2D eigenvalue weighted by atomic mass is 9.83. The molecule has 0 radical (unpaired) electrons. The zero-order chi connectivity index (χ0) is 21.6. The minimum atomic E-state index is -3.35. The van der Waals surface area contributed by atoms with Crippen molar-refractivity contribution in [3.05, 3.63) is 70.3 Å². The van der Waals surface area contributed by atoms with Crippen molar-refractivity contribution in [2.45, 2.75) is 18.1 Å². The molecule has 1 saturated heterocycles. The van der Waals surface area contributed by atoms with Crippen molar-refractivity contribution in [2.24, 2.45) is 0 Å². The molecule has 0 saturated carbocycles. The van der Waals surface area contributed by atoms with Gasteiger partial charge < -0.3 is 4.90 Å². The third-order valence-electron chi connectivity index (χ3n) is 5.83. The summed E-state index contributed by atoms with van der Waals surface area (Å²) in [5, 5.41) is -0.504. The second-order valence-corrected chi connectivity index (χ2v) is 10.2. The van der Waals surface area contributed by atoms with Crippen LogP contribution in [0.25, 0.3) is 0 Å². The van der Waals surface area contributed by atoms with Crippen molar-refractivity contribution < 1.29 is 22.8 Å². The molecule has 7 nitrogen and oxygen atoms in total. The third-order valence-corrected chi connectivity index (χ3v) is 8.16. The molecule has 0 aromatic heterocycles. The largest absolute Gasteiger partial charge is 0.339 e. The molecule has 8 heteroatoms. The Morgan fingerprint density at radius 2 is 1.43 bits per heavy atom. The first-order valence-corrected chi connectivity index (χ1v) is 11.2. The van der Waals surface area contributed by atoms with E-state index in [1.807, 2.05) is 0 Å². The average Bonchev–Trinajstić information content (AvgIpc) is 2.76. The SMILES string of the molecule is CN(C)S(=O)(=O)C1CCN(C(=O)c2ccc3c(c2)C(=O)c2ccccc2C3=O)CC1. The van der Waals surface area contributed by atoms with E-state index >= 15 is 0 Å². The van der Waals surface area contributed by atoms with Crippen LogP contribution >= 0.6 is 0 Å². The highest BCUT2D eigenvalue weighted by molar-refractivity contribution is 7.89. The van der Waals surface area contributed by atoms with Crippen molar-refractivity contribution in [1.82, 2.24) is 9.21 Å². The molecule has 1 heterocycles. The van der Waals surface area contributed by atoms with Crippen LogP contribution in [0, 0.1) is 0 Å². The smallest absolute Gasteiger partial charge is 0.253 e. The van der Waals surface area contributed by atoms with Crippen LogP contribution in [0.3, 0.4) is 0 Å². The highest BCUT2D eigenvalue weighted by Crippen LogP contribution is 2.29. The molecular formula is C22H22N2O5S. The van der Waals surface area contributed by atoms with E-state index in [1.54, 1.807) is 35.2 Å². The highest BCUT2D eigenvalue weighted by Gasteiger charge is 2.34. The number of amides is 1. The fraction of sp³-hybridized carbons (Fsp3) is 0.318. The van der Waals surface area contributed by atoms with Crippen molar-refractivity contribution in [3.8, 4) is 0 Å². The fourth-order valence-electron chi connectivity index (χ4n) is 4.07. The average molecular weight is 426 g/mol. The maximum absolute atomic E-state index is 13.0. The van der Waals surface area contributed by atoms with Gasteiger partial charge in [0.05, 0.1) is 5.25 Å². The zero-order valence-electron chi connectivity index (χ0n) is 16.8. The Hall–Kier alpha value is -2.84. The van der Waals surface area contributed by atoms with Gasteiger partial charge in [0.1, 0.15) is 0 Å². The Morgan fingerprint density at radius 3 is 2.00 bits per heavy atom. The summed E-state index contributed by atoms with van der Waals surface area (Å²) in [6, 6.07) is 11.2. The molecule has 2 aliphatic rings. The van der Waals surface area contributed by atoms with Crippen LogP contribution < -0.4 is 0 Å². The first kappa shape index (κ1) is 20.4. The first-order chi connectivity index (χ1) is 14.2. The van der Waals surface area contributed by atoms with E-state index in [1.165, 1.54) is 30.5 Å². The second-order valence-electron chi connectivity index (χ2n) is 7.78. The van der Waals surface area contributed by atoms with Crippen LogP contribution in [-0.4, -0.2) is 67.5 Å². The number of benzene rings is 2. The van der Waals surface area contributed by atoms with Gasteiger partial charge in [-0.2, -0.15) is 0 Å². The number of piperidine rings is 1. The summed E-state index contributed by atoms with van der Waals surface area (Å²) in [7, 11) is -0.334. The maximum Gasteiger partial charge on any atom is 0.253 e. The van der Waals surface area contributed by atoms with Gasteiger partial charge in [0.25, 0.3) is 5.91 Å². The predicted molar refractivity (Wildman–Crippen MR) is 111 cm³/mol. The van der Waals surface area contributed by atoms with Gasteiger partial charge in [0.2, 0.25) is 10.0 Å². The van der Waals surface area contributed by atoms with E-state index in [0.29, 0.717) is 48.2 Å². The van der Waals surface area contributed by atoms with Crippen LogP contribution in [-0.2, 0) is 10.0 Å². The standard InChI is InChI=1S/C22H22N2O5S/c1-23(2)30(28,29)15-9-11-24(12-10-15)22(27)14-7-8-18-19(13-14)21(26)17-6-4-3-5-16(17)20(18)25/h3-8,13,15H,9-12H2,1-2H3. The van der Waals surface area contributed by atoms with E-state index in [4.69, 9.17) is 0 Å². The molecule has 4 rings (SSSR count). The van der Waals surface area contributed by atoms with Gasteiger partial charge in [-0.25, -0.2) is 12.7 Å². The molecule has 1 amide bonds. The number of nitrogens with zero attached hydrogens (tertiary/aromatic N) is 2. The van der Waals surface area contributed by atoms with Crippen LogP contribution in [0.15, 0.2) is 42.5 Å². The van der Waals surface area contributed by atoms with Gasteiger partial charge in [-0.15, -0.1) is 0 Å². The molecule has 156 valence electrons. The van der Waals surface area contributed by atoms with Gasteiger partial charge in [0.15, 0.2) is 11.6 Å². The lowest BCUT2D eigenvalue weighted by Gasteiger charge is -2.33. The Labute approximate surface area is 175 Å². The Kier molecular flexibility index (Phi) is 5.07. The Balaban J connectivity index is 1.56. The Bertz CT molecular complexity index is 1160. The molecule has 0 bridgehead atoms. The fourth-order valence-corrected chi connectivity index (χ4v) is 5.47. The number of rotatable bonds is 3.